The molecule has 0 aliphatic heterocycles. The Labute approximate surface area is 95.8 Å². The molecule has 1 aliphatic carbocycles. The van der Waals surface area contributed by atoms with Crippen LogP contribution < -0.4 is 10.5 Å². The molecule has 0 saturated heterocycles. The van der Waals surface area contributed by atoms with Crippen LogP contribution in [0.1, 0.15) is 25.7 Å². The molecule has 3 heteroatoms. The smallest absolute Gasteiger partial charge is 0.142 e. The van der Waals surface area contributed by atoms with Crippen LogP contribution >= 0.6 is 0 Å². The Morgan fingerprint density at radius 1 is 1.25 bits per heavy atom. The van der Waals surface area contributed by atoms with Gasteiger partial charge < -0.3 is 10.5 Å². The number of hydrogen-bond donors (Lipinski definition) is 1. The normalized spacial score (nSPS) is 24.7. The second-order valence-electron chi connectivity index (χ2n) is 4.21. The summed E-state index contributed by atoms with van der Waals surface area (Å²) in [6.07, 6.45) is 4.15. The molecule has 0 bridgehead atoms. The fraction of sp³-hybridized carbons (Fsp3) is 0.462. The Hall–Kier alpha value is -1.69. The Balaban J connectivity index is 2.09. The minimum atomic E-state index is 0.00319. The maximum absolute atomic E-state index is 9.05. The zero-order valence-electron chi connectivity index (χ0n) is 9.23. The van der Waals surface area contributed by atoms with Crippen molar-refractivity contribution in [2.75, 3.05) is 5.73 Å². The van der Waals surface area contributed by atoms with Crippen molar-refractivity contribution in [2.45, 2.75) is 31.8 Å². The van der Waals surface area contributed by atoms with Crippen molar-refractivity contribution >= 4 is 5.69 Å². The van der Waals surface area contributed by atoms with Crippen molar-refractivity contribution in [1.82, 2.24) is 0 Å². The zero-order valence-corrected chi connectivity index (χ0v) is 9.23. The molecule has 2 unspecified atom stereocenters. The van der Waals surface area contributed by atoms with E-state index in [0.717, 1.165) is 25.7 Å². The lowest BCUT2D eigenvalue weighted by atomic mass is 9.87. The van der Waals surface area contributed by atoms with Crippen molar-refractivity contribution in [1.29, 1.82) is 5.26 Å². The van der Waals surface area contributed by atoms with Crippen molar-refractivity contribution < 1.29 is 4.74 Å². The van der Waals surface area contributed by atoms with Crippen LogP contribution in [-0.4, -0.2) is 6.10 Å². The third-order valence-corrected chi connectivity index (χ3v) is 3.07. The van der Waals surface area contributed by atoms with Crippen LogP contribution in [0, 0.1) is 17.2 Å². The van der Waals surface area contributed by atoms with Gasteiger partial charge in [0.2, 0.25) is 0 Å². The summed E-state index contributed by atoms with van der Waals surface area (Å²) >= 11 is 0. The second-order valence-corrected chi connectivity index (χ2v) is 4.21. The lowest BCUT2D eigenvalue weighted by Gasteiger charge is -2.27. The van der Waals surface area contributed by atoms with E-state index in [2.05, 4.69) is 6.07 Å². The van der Waals surface area contributed by atoms with E-state index >= 15 is 0 Å². The Kier molecular flexibility index (Phi) is 3.31. The number of hydrogen-bond acceptors (Lipinski definition) is 3. The summed E-state index contributed by atoms with van der Waals surface area (Å²) in [6.45, 7) is 0. The van der Waals surface area contributed by atoms with Crippen molar-refractivity contribution in [3.63, 3.8) is 0 Å². The van der Waals surface area contributed by atoms with Gasteiger partial charge >= 0.3 is 0 Å². The first-order chi connectivity index (χ1) is 7.81. The fourth-order valence-corrected chi connectivity index (χ4v) is 2.14. The summed E-state index contributed by atoms with van der Waals surface area (Å²) < 4.78 is 5.84. The van der Waals surface area contributed by atoms with Gasteiger partial charge in [0.05, 0.1) is 17.7 Å². The highest BCUT2D eigenvalue weighted by Gasteiger charge is 2.26. The summed E-state index contributed by atoms with van der Waals surface area (Å²) in [5.74, 6) is 0.711. The van der Waals surface area contributed by atoms with Gasteiger partial charge in [-0.05, 0) is 31.4 Å². The number of para-hydroxylation sites is 2. The van der Waals surface area contributed by atoms with Gasteiger partial charge in [0, 0.05) is 0 Å². The standard InChI is InChI=1S/C13H16N2O/c14-9-10-5-1-3-7-12(10)16-13-8-4-2-6-11(13)15/h2,4,6,8,10,12H,1,3,5,7,15H2. The minimum absolute atomic E-state index is 0.00319. The molecule has 0 spiro atoms. The van der Waals surface area contributed by atoms with Crippen molar-refractivity contribution in [3.05, 3.63) is 24.3 Å². The van der Waals surface area contributed by atoms with Crippen LogP contribution in [0.15, 0.2) is 24.3 Å². The van der Waals surface area contributed by atoms with Crippen LogP contribution in [0.3, 0.4) is 0 Å². The van der Waals surface area contributed by atoms with Crippen molar-refractivity contribution in [2.24, 2.45) is 5.92 Å². The van der Waals surface area contributed by atoms with Gasteiger partial charge in [-0.3, -0.25) is 0 Å². The molecule has 1 aliphatic rings. The molecule has 0 radical (unpaired) electrons. The number of ether oxygens (including phenoxy) is 1. The van der Waals surface area contributed by atoms with Gasteiger partial charge in [0.1, 0.15) is 11.9 Å². The molecule has 0 aromatic heterocycles. The molecule has 2 N–H and O–H groups in total. The van der Waals surface area contributed by atoms with Crippen LogP contribution in [0.25, 0.3) is 0 Å². The number of nitriles is 1. The quantitative estimate of drug-likeness (QED) is 0.773. The number of rotatable bonds is 2. The van der Waals surface area contributed by atoms with Crippen LogP contribution in [0.2, 0.25) is 0 Å². The Morgan fingerprint density at radius 2 is 2.00 bits per heavy atom. The van der Waals surface area contributed by atoms with Crippen LogP contribution in [0.4, 0.5) is 5.69 Å². The SMILES string of the molecule is N#CC1CCCCC1Oc1ccccc1N. The van der Waals surface area contributed by atoms with Crippen LogP contribution in [-0.2, 0) is 0 Å². The fourth-order valence-electron chi connectivity index (χ4n) is 2.14. The van der Waals surface area contributed by atoms with Crippen LogP contribution in [0.5, 0.6) is 5.75 Å². The lowest BCUT2D eigenvalue weighted by Crippen LogP contribution is -2.29. The molecule has 0 heterocycles. The Morgan fingerprint density at radius 3 is 2.75 bits per heavy atom. The summed E-state index contributed by atoms with van der Waals surface area (Å²) in [7, 11) is 0. The van der Waals surface area contributed by atoms with E-state index in [-0.39, 0.29) is 12.0 Å². The third kappa shape index (κ3) is 2.27. The van der Waals surface area contributed by atoms with E-state index in [0.29, 0.717) is 11.4 Å². The summed E-state index contributed by atoms with van der Waals surface area (Å²) in [4.78, 5) is 0. The number of nitrogen functional groups attached to an aromatic ring is 1. The summed E-state index contributed by atoms with van der Waals surface area (Å²) in [5.41, 5.74) is 6.46. The molecule has 1 fully saturated rings. The summed E-state index contributed by atoms with van der Waals surface area (Å²) in [6, 6.07) is 9.78. The molecule has 1 aromatic rings. The van der Waals surface area contributed by atoms with E-state index in [4.69, 9.17) is 15.7 Å². The highest BCUT2D eigenvalue weighted by Crippen LogP contribution is 2.30. The Bertz CT molecular complexity index is 397. The molecule has 1 aromatic carbocycles. The van der Waals surface area contributed by atoms with E-state index in [1.165, 1.54) is 0 Å². The van der Waals surface area contributed by atoms with Gasteiger partial charge in [-0.25, -0.2) is 0 Å². The highest BCUT2D eigenvalue weighted by molar-refractivity contribution is 5.51. The summed E-state index contributed by atoms with van der Waals surface area (Å²) in [5, 5.41) is 9.05. The average Bonchev–Trinajstić information content (AvgIpc) is 2.33. The first-order valence-electron chi connectivity index (χ1n) is 5.72. The number of anilines is 1. The maximum Gasteiger partial charge on any atom is 0.142 e. The molecular weight excluding hydrogens is 200 g/mol. The number of nitrogens with zero attached hydrogens (tertiary/aromatic N) is 1. The van der Waals surface area contributed by atoms with E-state index in [9.17, 15) is 0 Å². The second kappa shape index (κ2) is 4.89. The topological polar surface area (TPSA) is 59.0 Å². The van der Waals surface area contributed by atoms with Gasteiger partial charge in [-0.15, -0.1) is 0 Å². The zero-order chi connectivity index (χ0) is 11.4. The molecule has 2 rings (SSSR count). The average molecular weight is 216 g/mol. The maximum atomic E-state index is 9.05. The minimum Gasteiger partial charge on any atom is -0.487 e. The molecule has 16 heavy (non-hydrogen) atoms. The van der Waals surface area contributed by atoms with E-state index < -0.39 is 0 Å². The van der Waals surface area contributed by atoms with Gasteiger partial charge in [-0.2, -0.15) is 5.26 Å². The monoisotopic (exact) mass is 216 g/mol. The predicted octanol–water partition coefficient (Wildman–Crippen LogP) is 2.73. The predicted molar refractivity (Wildman–Crippen MR) is 62.8 cm³/mol. The number of benzene rings is 1. The van der Waals surface area contributed by atoms with Crippen molar-refractivity contribution in [3.8, 4) is 11.8 Å². The highest BCUT2D eigenvalue weighted by atomic mass is 16.5. The molecule has 1 saturated carbocycles. The van der Waals surface area contributed by atoms with Gasteiger partial charge in [-0.1, -0.05) is 18.6 Å². The lowest BCUT2D eigenvalue weighted by molar-refractivity contribution is 0.121. The molecule has 3 nitrogen and oxygen atoms in total. The molecule has 0 amide bonds. The first-order valence-corrected chi connectivity index (χ1v) is 5.72. The number of nitrogens with two attached hydrogens (primary N) is 1. The third-order valence-electron chi connectivity index (χ3n) is 3.07. The first kappa shape index (κ1) is 10.8. The van der Waals surface area contributed by atoms with Gasteiger partial charge in [0.25, 0.3) is 0 Å². The van der Waals surface area contributed by atoms with E-state index in [1.54, 1.807) is 0 Å². The molecule has 84 valence electrons. The molecular formula is C13H16N2O. The van der Waals surface area contributed by atoms with Gasteiger partial charge in [0.15, 0.2) is 0 Å². The largest absolute Gasteiger partial charge is 0.487 e. The van der Waals surface area contributed by atoms with E-state index in [1.807, 2.05) is 24.3 Å². The molecule has 2 atom stereocenters.